The van der Waals surface area contributed by atoms with Crippen molar-refractivity contribution in [3.63, 3.8) is 0 Å². The number of amides is 1. The Morgan fingerprint density at radius 2 is 1.94 bits per heavy atom. The Labute approximate surface area is 273 Å². The first-order valence-corrected chi connectivity index (χ1v) is 16.8. The minimum atomic E-state index is -4.26. The normalized spacial score (nSPS) is 24.6. The van der Waals surface area contributed by atoms with Crippen LogP contribution in [0.4, 0.5) is 19.0 Å². The Hall–Kier alpha value is -4.06. The Kier molecular flexibility index (Phi) is 7.27. The molecular formula is C33H34F3N9OS. The number of aliphatic imine (C=N–C) groups is 1. The Morgan fingerprint density at radius 1 is 1.13 bits per heavy atom. The molecule has 3 N–H and O–H groups in total. The van der Waals surface area contributed by atoms with Gasteiger partial charge in [-0.3, -0.25) is 14.7 Å². The van der Waals surface area contributed by atoms with Gasteiger partial charge >= 0.3 is 6.18 Å². The maximum Gasteiger partial charge on any atom is 0.393 e. The van der Waals surface area contributed by atoms with Crippen molar-refractivity contribution < 1.29 is 18.0 Å². The zero-order valence-electron chi connectivity index (χ0n) is 25.7. The molecule has 0 atom stereocenters. The molecule has 10 nitrogen and oxygen atoms in total. The SMILES string of the molecule is N#Cc1cc2cc(CN3CCC(Nc4ncnc5sc(CC(F)(F)F)cc45)CC3)ccc2n1CC12CC(NCC3=NCC(=O)N3)(C1)C2. The van der Waals surface area contributed by atoms with Crippen LogP contribution in [0.5, 0.6) is 0 Å². The number of rotatable bonds is 10. The lowest BCUT2D eigenvalue weighted by atomic mass is 9.39. The van der Waals surface area contributed by atoms with Gasteiger partial charge in [0.1, 0.15) is 41.1 Å². The number of hydrogen-bond acceptors (Lipinski definition) is 9. The summed E-state index contributed by atoms with van der Waals surface area (Å²) in [4.78, 5) is 27.4. The van der Waals surface area contributed by atoms with E-state index in [0.717, 1.165) is 86.4 Å². The summed E-state index contributed by atoms with van der Waals surface area (Å²) in [5, 5.41) is 21.6. The van der Waals surface area contributed by atoms with Gasteiger partial charge in [-0.15, -0.1) is 11.3 Å². The lowest BCUT2D eigenvalue weighted by Gasteiger charge is -2.71. The van der Waals surface area contributed by atoms with E-state index in [0.29, 0.717) is 28.3 Å². The number of hydrogen-bond donors (Lipinski definition) is 3. The number of nitriles is 1. The molecule has 1 saturated heterocycles. The van der Waals surface area contributed by atoms with Gasteiger partial charge in [0, 0.05) is 53.5 Å². The van der Waals surface area contributed by atoms with Gasteiger partial charge in [0.2, 0.25) is 5.91 Å². The second-order valence-corrected chi connectivity index (χ2v) is 14.9. The highest BCUT2D eigenvalue weighted by Gasteiger charge is 2.67. The van der Waals surface area contributed by atoms with Crippen LogP contribution in [0.3, 0.4) is 0 Å². The summed E-state index contributed by atoms with van der Waals surface area (Å²) >= 11 is 1.07. The van der Waals surface area contributed by atoms with Crippen LogP contribution in [-0.4, -0.2) is 75.1 Å². The number of alkyl halides is 3. The van der Waals surface area contributed by atoms with Crippen molar-refractivity contribution in [2.45, 2.75) is 69.4 Å². The number of nitrogens with zero attached hydrogens (tertiary/aromatic N) is 6. The third-order valence-corrected chi connectivity index (χ3v) is 11.2. The van der Waals surface area contributed by atoms with Crippen LogP contribution in [-0.2, 0) is 24.3 Å². The molecule has 0 radical (unpaired) electrons. The second kappa shape index (κ2) is 11.3. The van der Waals surface area contributed by atoms with Crippen molar-refractivity contribution in [1.82, 2.24) is 30.1 Å². The minimum absolute atomic E-state index is 0.0487. The molecule has 0 spiro atoms. The first-order valence-electron chi connectivity index (χ1n) is 16.0. The maximum absolute atomic E-state index is 12.9. The van der Waals surface area contributed by atoms with Crippen LogP contribution in [0.1, 0.15) is 48.2 Å². The largest absolute Gasteiger partial charge is 0.393 e. The van der Waals surface area contributed by atoms with Crippen LogP contribution in [0.15, 0.2) is 41.7 Å². The number of carbonyl (C=O) groups excluding carboxylic acids is 1. The van der Waals surface area contributed by atoms with Crippen LogP contribution in [0, 0.1) is 16.7 Å². The summed E-state index contributed by atoms with van der Waals surface area (Å²) < 4.78 is 41.0. The van der Waals surface area contributed by atoms with E-state index < -0.39 is 12.6 Å². The lowest BCUT2D eigenvalue weighted by Crippen LogP contribution is -2.75. The lowest BCUT2D eigenvalue weighted by molar-refractivity contribution is -0.161. The van der Waals surface area contributed by atoms with E-state index in [-0.39, 0.29) is 34.3 Å². The smallest absolute Gasteiger partial charge is 0.367 e. The molecule has 2 bridgehead atoms. The van der Waals surface area contributed by atoms with Gasteiger partial charge in [-0.1, -0.05) is 6.07 Å². The highest BCUT2D eigenvalue weighted by atomic mass is 32.1. The molecule has 47 heavy (non-hydrogen) atoms. The van der Waals surface area contributed by atoms with Gasteiger partial charge in [-0.25, -0.2) is 9.97 Å². The predicted octanol–water partition coefficient (Wildman–Crippen LogP) is 4.74. The van der Waals surface area contributed by atoms with Crippen molar-refractivity contribution in [3.05, 3.63) is 52.8 Å². The van der Waals surface area contributed by atoms with Gasteiger partial charge in [0.25, 0.3) is 0 Å². The number of fused-ring (bicyclic) bond motifs is 2. The van der Waals surface area contributed by atoms with Crippen LogP contribution in [0.25, 0.3) is 21.1 Å². The Morgan fingerprint density at radius 3 is 2.66 bits per heavy atom. The van der Waals surface area contributed by atoms with Gasteiger partial charge in [0.15, 0.2) is 0 Å². The first kappa shape index (κ1) is 30.3. The Balaban J connectivity index is 0.864. The van der Waals surface area contributed by atoms with E-state index in [1.165, 1.54) is 11.9 Å². The summed E-state index contributed by atoms with van der Waals surface area (Å²) in [5.74, 6) is 1.27. The second-order valence-electron chi connectivity index (χ2n) is 13.7. The topological polar surface area (TPSA) is 123 Å². The van der Waals surface area contributed by atoms with Gasteiger partial charge in [-0.2, -0.15) is 18.4 Å². The number of piperidine rings is 1. The van der Waals surface area contributed by atoms with Crippen molar-refractivity contribution >= 4 is 50.0 Å². The van der Waals surface area contributed by atoms with E-state index in [2.05, 4.69) is 64.6 Å². The molecule has 5 heterocycles. The molecule has 1 amide bonds. The quantitative estimate of drug-likeness (QED) is 0.225. The summed E-state index contributed by atoms with van der Waals surface area (Å²) in [7, 11) is 0. The third kappa shape index (κ3) is 5.96. The van der Waals surface area contributed by atoms with Crippen molar-refractivity contribution in [2.75, 3.05) is 31.5 Å². The maximum atomic E-state index is 12.9. The summed E-state index contributed by atoms with van der Waals surface area (Å²) in [6.45, 7) is 4.21. The molecule has 3 aromatic heterocycles. The van der Waals surface area contributed by atoms with Gasteiger partial charge < -0.3 is 20.5 Å². The summed E-state index contributed by atoms with van der Waals surface area (Å²) in [6.07, 6.45) is 1.16. The number of nitrogens with one attached hydrogen (secondary N) is 3. The standard InChI is InChI=1S/C33H34F3N9OS/c34-33(35,36)10-24-9-25-29(39-19-40-30(25)47-24)42-22-3-5-44(6-4-22)14-20-1-2-26-21(7-20)8-23(11-37)45(26)18-31-15-32(16-31,17-31)41-12-27-38-13-28(46)43-27/h1-2,7-9,19,22,41H,3-6,10,12-18H2,(H,38,43,46)(H,39,40,42). The Bertz CT molecular complexity index is 1930. The van der Waals surface area contributed by atoms with E-state index in [4.69, 9.17) is 0 Å². The number of thiophene rings is 1. The van der Waals surface area contributed by atoms with Crippen molar-refractivity contribution in [1.29, 1.82) is 5.26 Å². The molecule has 2 aliphatic heterocycles. The highest BCUT2D eigenvalue weighted by molar-refractivity contribution is 7.18. The van der Waals surface area contributed by atoms with Crippen molar-refractivity contribution in [3.8, 4) is 6.07 Å². The molecular weight excluding hydrogens is 627 g/mol. The zero-order chi connectivity index (χ0) is 32.4. The number of halogens is 3. The average molecular weight is 662 g/mol. The van der Waals surface area contributed by atoms with Crippen LogP contribution < -0.4 is 16.0 Å². The molecule has 14 heteroatoms. The molecule has 244 valence electrons. The fourth-order valence-corrected chi connectivity index (χ4v) is 9.17. The van der Waals surface area contributed by atoms with E-state index in [1.54, 1.807) is 6.07 Å². The van der Waals surface area contributed by atoms with Crippen LogP contribution >= 0.6 is 11.3 Å². The first-order chi connectivity index (χ1) is 22.6. The number of aromatic nitrogens is 3. The van der Waals surface area contributed by atoms with E-state index >= 15 is 0 Å². The van der Waals surface area contributed by atoms with E-state index in [9.17, 15) is 23.2 Å². The number of amidine groups is 1. The fraction of sp³-hybridized carbons (Fsp3) is 0.485. The molecule has 4 fully saturated rings. The molecule has 0 unspecified atom stereocenters. The number of carbonyl (C=O) groups is 1. The summed E-state index contributed by atoms with van der Waals surface area (Å²) in [5.41, 5.74) is 3.30. The minimum Gasteiger partial charge on any atom is -0.367 e. The highest BCUT2D eigenvalue weighted by Crippen LogP contribution is 2.68. The molecule has 9 rings (SSSR count). The van der Waals surface area contributed by atoms with Gasteiger partial charge in [-0.05, 0) is 67.3 Å². The number of likely N-dealkylation sites (tertiary alicyclic amines) is 1. The number of anilines is 1. The van der Waals surface area contributed by atoms with Gasteiger partial charge in [0.05, 0.1) is 18.4 Å². The third-order valence-electron chi connectivity index (χ3n) is 10.1. The van der Waals surface area contributed by atoms with Crippen LogP contribution in [0.2, 0.25) is 0 Å². The number of benzene rings is 1. The monoisotopic (exact) mass is 661 g/mol. The molecule has 3 aliphatic carbocycles. The zero-order valence-corrected chi connectivity index (χ0v) is 26.5. The molecule has 3 saturated carbocycles. The molecule has 4 aromatic rings. The van der Waals surface area contributed by atoms with E-state index in [1.807, 2.05) is 6.07 Å². The average Bonchev–Trinajstić information content (AvgIpc) is 3.70. The summed E-state index contributed by atoms with van der Waals surface area (Å²) in [6, 6.07) is 12.7. The predicted molar refractivity (Wildman–Crippen MR) is 173 cm³/mol. The fourth-order valence-electron chi connectivity index (χ4n) is 8.14. The molecule has 1 aromatic carbocycles. The van der Waals surface area contributed by atoms with Crippen molar-refractivity contribution in [2.24, 2.45) is 10.4 Å². The molecule has 5 aliphatic rings.